The van der Waals surface area contributed by atoms with Crippen LogP contribution in [0.25, 0.3) is 11.6 Å². The Morgan fingerprint density at radius 3 is 2.67 bits per heavy atom. The van der Waals surface area contributed by atoms with Crippen molar-refractivity contribution in [2.45, 2.75) is 37.6 Å². The number of hydrogen-bond acceptors (Lipinski definition) is 6. The molecule has 18 heavy (non-hydrogen) atoms. The zero-order valence-electron chi connectivity index (χ0n) is 9.99. The molecule has 6 heteroatoms. The van der Waals surface area contributed by atoms with Crippen LogP contribution in [-0.4, -0.2) is 26.2 Å². The topological polar surface area (TPSA) is 90.7 Å². The van der Waals surface area contributed by atoms with Crippen molar-refractivity contribution in [2.75, 3.05) is 0 Å². The molecule has 0 aromatic carbocycles. The molecule has 0 spiro atoms. The predicted octanol–water partition coefficient (Wildman–Crippen LogP) is 1.51. The molecule has 2 aromatic rings. The standard InChI is InChI=1S/C12H15N5O/c13-9-5-2-1-4-8(9)12-16-11(17-18-12)10-14-6-3-7-15-10/h3,6-9H,1-2,4-5,13H2. The lowest BCUT2D eigenvalue weighted by molar-refractivity contribution is 0.290. The summed E-state index contributed by atoms with van der Waals surface area (Å²) in [6.07, 6.45) is 7.69. The number of nitrogens with two attached hydrogens (primary N) is 1. The van der Waals surface area contributed by atoms with Crippen molar-refractivity contribution < 1.29 is 4.52 Å². The minimum atomic E-state index is 0.115. The molecule has 6 nitrogen and oxygen atoms in total. The average molecular weight is 245 g/mol. The lowest BCUT2D eigenvalue weighted by atomic mass is 9.85. The Bertz CT molecular complexity index is 512. The highest BCUT2D eigenvalue weighted by molar-refractivity contribution is 5.40. The second-order valence-electron chi connectivity index (χ2n) is 4.58. The van der Waals surface area contributed by atoms with Crippen LogP contribution in [0.1, 0.15) is 37.5 Å². The van der Waals surface area contributed by atoms with E-state index in [0.29, 0.717) is 17.5 Å². The van der Waals surface area contributed by atoms with Crippen LogP contribution in [0, 0.1) is 0 Å². The van der Waals surface area contributed by atoms with Gasteiger partial charge in [-0.25, -0.2) is 9.97 Å². The molecule has 0 radical (unpaired) electrons. The summed E-state index contributed by atoms with van der Waals surface area (Å²) in [6, 6.07) is 1.87. The zero-order chi connectivity index (χ0) is 12.4. The number of rotatable bonds is 2. The Labute approximate surface area is 105 Å². The van der Waals surface area contributed by atoms with E-state index in [1.54, 1.807) is 18.5 Å². The van der Waals surface area contributed by atoms with Gasteiger partial charge in [-0.15, -0.1) is 0 Å². The molecule has 1 aliphatic rings. The predicted molar refractivity (Wildman–Crippen MR) is 64.5 cm³/mol. The van der Waals surface area contributed by atoms with Gasteiger partial charge >= 0.3 is 0 Å². The normalized spacial score (nSPS) is 24.1. The maximum atomic E-state index is 6.10. The monoisotopic (exact) mass is 245 g/mol. The second kappa shape index (κ2) is 4.81. The van der Waals surface area contributed by atoms with Crippen LogP contribution in [-0.2, 0) is 0 Å². The molecule has 2 heterocycles. The average Bonchev–Trinajstić information content (AvgIpc) is 2.90. The Hall–Kier alpha value is -1.82. The Morgan fingerprint density at radius 2 is 1.89 bits per heavy atom. The van der Waals surface area contributed by atoms with Crippen molar-refractivity contribution >= 4 is 0 Å². The van der Waals surface area contributed by atoms with Gasteiger partial charge in [0.2, 0.25) is 17.5 Å². The molecule has 3 rings (SSSR count). The lowest BCUT2D eigenvalue weighted by Gasteiger charge is -2.25. The zero-order valence-corrected chi connectivity index (χ0v) is 9.99. The van der Waals surface area contributed by atoms with E-state index in [-0.39, 0.29) is 12.0 Å². The number of hydrogen-bond donors (Lipinski definition) is 1. The summed E-state index contributed by atoms with van der Waals surface area (Å²) in [7, 11) is 0. The molecule has 0 bridgehead atoms. The quantitative estimate of drug-likeness (QED) is 0.862. The first kappa shape index (κ1) is 11.3. The molecule has 94 valence electrons. The maximum Gasteiger partial charge on any atom is 0.240 e. The molecule has 0 amide bonds. The Morgan fingerprint density at radius 1 is 1.11 bits per heavy atom. The van der Waals surface area contributed by atoms with E-state index in [1.807, 2.05) is 0 Å². The van der Waals surface area contributed by atoms with Gasteiger partial charge in [-0.2, -0.15) is 4.98 Å². The fourth-order valence-corrected chi connectivity index (χ4v) is 2.36. The fourth-order valence-electron chi connectivity index (χ4n) is 2.36. The van der Waals surface area contributed by atoms with Gasteiger partial charge in [-0.3, -0.25) is 0 Å². The van der Waals surface area contributed by atoms with Crippen molar-refractivity contribution in [2.24, 2.45) is 5.73 Å². The molecule has 2 unspecified atom stereocenters. The van der Waals surface area contributed by atoms with Crippen LogP contribution < -0.4 is 5.73 Å². The van der Waals surface area contributed by atoms with Crippen LogP contribution in [0.3, 0.4) is 0 Å². The van der Waals surface area contributed by atoms with Crippen LogP contribution in [0.2, 0.25) is 0 Å². The molecular formula is C12H15N5O. The molecule has 2 N–H and O–H groups in total. The van der Waals surface area contributed by atoms with Gasteiger partial charge in [0.1, 0.15) is 0 Å². The molecule has 0 aliphatic heterocycles. The van der Waals surface area contributed by atoms with Gasteiger partial charge in [0.15, 0.2) is 0 Å². The van der Waals surface area contributed by atoms with Crippen LogP contribution >= 0.6 is 0 Å². The molecular weight excluding hydrogens is 230 g/mol. The second-order valence-corrected chi connectivity index (χ2v) is 4.58. The van der Waals surface area contributed by atoms with Gasteiger partial charge in [0.25, 0.3) is 0 Å². The largest absolute Gasteiger partial charge is 0.338 e. The van der Waals surface area contributed by atoms with Crippen molar-refractivity contribution in [3.8, 4) is 11.6 Å². The van der Waals surface area contributed by atoms with Gasteiger partial charge < -0.3 is 10.3 Å². The smallest absolute Gasteiger partial charge is 0.240 e. The summed E-state index contributed by atoms with van der Waals surface area (Å²) in [5, 5.41) is 3.93. The van der Waals surface area contributed by atoms with E-state index in [4.69, 9.17) is 10.3 Å². The summed E-state index contributed by atoms with van der Waals surface area (Å²) in [5.74, 6) is 1.70. The Kier molecular flexibility index (Phi) is 3.02. The van der Waals surface area contributed by atoms with Gasteiger partial charge in [-0.05, 0) is 18.9 Å². The van der Waals surface area contributed by atoms with Gasteiger partial charge in [0, 0.05) is 18.4 Å². The van der Waals surface area contributed by atoms with Crippen molar-refractivity contribution in [3.63, 3.8) is 0 Å². The first-order valence-corrected chi connectivity index (χ1v) is 6.21. The third kappa shape index (κ3) is 2.11. The van der Waals surface area contributed by atoms with Crippen molar-refractivity contribution in [3.05, 3.63) is 24.4 Å². The molecule has 0 saturated heterocycles. The SMILES string of the molecule is NC1CCCCC1c1nc(-c2ncccn2)no1. The van der Waals surface area contributed by atoms with Crippen LogP contribution in [0.4, 0.5) is 0 Å². The first-order chi connectivity index (χ1) is 8.84. The minimum absolute atomic E-state index is 0.115. The van der Waals surface area contributed by atoms with Crippen LogP contribution in [0.5, 0.6) is 0 Å². The van der Waals surface area contributed by atoms with E-state index in [0.717, 1.165) is 19.3 Å². The highest BCUT2D eigenvalue weighted by Crippen LogP contribution is 2.31. The number of aromatic nitrogens is 4. The molecule has 2 aromatic heterocycles. The van der Waals surface area contributed by atoms with E-state index < -0.39 is 0 Å². The van der Waals surface area contributed by atoms with E-state index in [9.17, 15) is 0 Å². The third-order valence-corrected chi connectivity index (χ3v) is 3.34. The maximum absolute atomic E-state index is 6.10. The van der Waals surface area contributed by atoms with Gasteiger partial charge in [-0.1, -0.05) is 18.0 Å². The fraction of sp³-hybridized carbons (Fsp3) is 0.500. The molecule has 1 aliphatic carbocycles. The highest BCUT2D eigenvalue weighted by atomic mass is 16.5. The highest BCUT2D eigenvalue weighted by Gasteiger charge is 2.28. The van der Waals surface area contributed by atoms with E-state index >= 15 is 0 Å². The molecule has 1 saturated carbocycles. The van der Waals surface area contributed by atoms with Crippen molar-refractivity contribution in [1.29, 1.82) is 0 Å². The molecule has 1 fully saturated rings. The first-order valence-electron chi connectivity index (χ1n) is 6.21. The summed E-state index contributed by atoms with van der Waals surface area (Å²) in [4.78, 5) is 12.6. The summed E-state index contributed by atoms with van der Waals surface area (Å²) >= 11 is 0. The number of nitrogens with zero attached hydrogens (tertiary/aromatic N) is 4. The summed E-state index contributed by atoms with van der Waals surface area (Å²) in [5.41, 5.74) is 6.10. The van der Waals surface area contributed by atoms with Gasteiger partial charge in [0.05, 0.1) is 5.92 Å². The van der Waals surface area contributed by atoms with E-state index in [2.05, 4.69) is 20.1 Å². The minimum Gasteiger partial charge on any atom is -0.338 e. The van der Waals surface area contributed by atoms with E-state index in [1.165, 1.54) is 6.42 Å². The third-order valence-electron chi connectivity index (χ3n) is 3.34. The summed E-state index contributed by atoms with van der Waals surface area (Å²) in [6.45, 7) is 0. The summed E-state index contributed by atoms with van der Waals surface area (Å²) < 4.78 is 5.31. The Balaban J connectivity index is 1.85. The molecule has 2 atom stereocenters. The lowest BCUT2D eigenvalue weighted by Crippen LogP contribution is -2.31. The van der Waals surface area contributed by atoms with Crippen molar-refractivity contribution in [1.82, 2.24) is 20.1 Å². The van der Waals surface area contributed by atoms with Crippen LogP contribution in [0.15, 0.2) is 23.0 Å².